The van der Waals surface area contributed by atoms with Gasteiger partial charge in [-0.25, -0.2) is 8.78 Å². The fraction of sp³-hybridized carbons (Fsp3) is 0.400. The van der Waals surface area contributed by atoms with Gasteiger partial charge in [0.2, 0.25) is 5.88 Å². The zero-order valence-electron chi connectivity index (χ0n) is 9.88. The Labute approximate surface area is 108 Å². The Balaban J connectivity index is 3.26. The van der Waals surface area contributed by atoms with E-state index in [0.717, 1.165) is 7.11 Å². The van der Waals surface area contributed by atoms with E-state index < -0.39 is 47.7 Å². The first kappa shape index (κ1) is 15.9. The van der Waals surface area contributed by atoms with Gasteiger partial charge < -0.3 is 14.5 Å². The van der Waals surface area contributed by atoms with Gasteiger partial charge in [-0.1, -0.05) is 0 Å². The predicted octanol–water partition coefficient (Wildman–Crippen LogP) is 1.93. The van der Waals surface area contributed by atoms with E-state index in [4.69, 9.17) is 0 Å². The molecule has 0 spiro atoms. The maximum absolute atomic E-state index is 12.7. The lowest BCUT2D eigenvalue weighted by molar-refractivity contribution is -0.276. The summed E-state index contributed by atoms with van der Waals surface area (Å²) in [5, 5.41) is 0. The number of aromatic amines is 1. The summed E-state index contributed by atoms with van der Waals surface area (Å²) in [6.45, 7) is 0. The molecule has 5 nitrogen and oxygen atoms in total. The van der Waals surface area contributed by atoms with E-state index in [-0.39, 0.29) is 0 Å². The third-order valence-electron chi connectivity index (χ3n) is 2.14. The highest BCUT2D eigenvalue weighted by Crippen LogP contribution is 2.25. The van der Waals surface area contributed by atoms with Crippen molar-refractivity contribution in [2.24, 2.45) is 0 Å². The summed E-state index contributed by atoms with van der Waals surface area (Å²) in [4.78, 5) is 24.1. The van der Waals surface area contributed by atoms with Crippen molar-refractivity contribution in [2.75, 3.05) is 7.11 Å². The fourth-order valence-electron chi connectivity index (χ4n) is 1.35. The Hall–Kier alpha value is -2.13. The van der Waals surface area contributed by atoms with Crippen molar-refractivity contribution in [1.82, 2.24) is 4.98 Å². The molecule has 1 heterocycles. The van der Waals surface area contributed by atoms with E-state index >= 15 is 0 Å². The van der Waals surface area contributed by atoms with Crippen molar-refractivity contribution in [3.8, 4) is 5.88 Å². The fourth-order valence-corrected chi connectivity index (χ4v) is 1.35. The monoisotopic (exact) mass is 301 g/mol. The highest BCUT2D eigenvalue weighted by molar-refractivity contribution is 5.72. The van der Waals surface area contributed by atoms with Crippen LogP contribution in [0, 0.1) is 0 Å². The lowest BCUT2D eigenvalue weighted by Crippen LogP contribution is -2.23. The van der Waals surface area contributed by atoms with Gasteiger partial charge in [0, 0.05) is 11.6 Å². The summed E-state index contributed by atoms with van der Waals surface area (Å²) in [6.07, 6.45) is -9.23. The predicted molar refractivity (Wildman–Crippen MR) is 54.4 cm³/mol. The van der Waals surface area contributed by atoms with Gasteiger partial charge in [-0.2, -0.15) is 0 Å². The van der Waals surface area contributed by atoms with E-state index in [2.05, 4.69) is 9.47 Å². The Morgan fingerprint density at radius 1 is 1.40 bits per heavy atom. The molecule has 1 aromatic rings. The number of nitrogens with one attached hydrogen (secondary N) is 1. The number of esters is 1. The van der Waals surface area contributed by atoms with Crippen LogP contribution in [0.1, 0.15) is 17.7 Å². The molecule has 0 aliphatic heterocycles. The third-order valence-corrected chi connectivity index (χ3v) is 2.14. The lowest BCUT2D eigenvalue weighted by Gasteiger charge is -2.12. The second kappa shape index (κ2) is 5.88. The molecule has 0 aliphatic rings. The summed E-state index contributed by atoms with van der Waals surface area (Å²) in [7, 11) is 0.972. The second-order valence-corrected chi connectivity index (χ2v) is 3.49. The Bertz CT molecular complexity index is 552. The molecule has 0 bridgehead atoms. The lowest BCUT2D eigenvalue weighted by atomic mass is 10.1. The van der Waals surface area contributed by atoms with Gasteiger partial charge in [0.25, 0.3) is 6.43 Å². The van der Waals surface area contributed by atoms with E-state index in [0.29, 0.717) is 6.07 Å². The van der Waals surface area contributed by atoms with Crippen molar-refractivity contribution in [2.45, 2.75) is 19.2 Å². The molecular weight excluding hydrogens is 293 g/mol. The number of H-pyrrole nitrogens is 1. The number of carbonyl (C=O) groups excluding carboxylic acids is 1. The summed E-state index contributed by atoms with van der Waals surface area (Å²) in [5.74, 6) is -2.17. The first-order valence-corrected chi connectivity index (χ1v) is 5.01. The van der Waals surface area contributed by atoms with Crippen LogP contribution < -0.4 is 10.2 Å². The number of aromatic nitrogens is 1. The first-order chi connectivity index (χ1) is 9.14. The second-order valence-electron chi connectivity index (χ2n) is 3.49. The third kappa shape index (κ3) is 4.21. The van der Waals surface area contributed by atoms with Crippen molar-refractivity contribution in [3.63, 3.8) is 0 Å². The maximum Gasteiger partial charge on any atom is 0.574 e. The molecule has 0 unspecified atom stereocenters. The molecule has 0 fully saturated rings. The van der Waals surface area contributed by atoms with E-state index in [1.54, 1.807) is 4.98 Å². The minimum absolute atomic E-state index is 0.331. The zero-order chi connectivity index (χ0) is 15.5. The van der Waals surface area contributed by atoms with Crippen LogP contribution in [0.3, 0.4) is 0 Å². The SMILES string of the molecule is COC(=O)Cc1c(C(F)F)[nH]c(OC(F)(F)F)cc1=O. The van der Waals surface area contributed by atoms with Crippen LogP contribution in [0.5, 0.6) is 5.88 Å². The minimum atomic E-state index is -5.15. The van der Waals surface area contributed by atoms with Crippen LogP contribution in [-0.2, 0) is 16.0 Å². The Morgan fingerprint density at radius 2 is 2.00 bits per heavy atom. The molecule has 0 radical (unpaired) electrons. The van der Waals surface area contributed by atoms with Crippen LogP contribution in [0.4, 0.5) is 22.0 Å². The van der Waals surface area contributed by atoms with Gasteiger partial charge in [0.1, 0.15) is 0 Å². The number of ether oxygens (including phenoxy) is 2. The molecule has 112 valence electrons. The average molecular weight is 301 g/mol. The quantitative estimate of drug-likeness (QED) is 0.681. The van der Waals surface area contributed by atoms with Gasteiger partial charge in [-0.3, -0.25) is 9.59 Å². The van der Waals surface area contributed by atoms with Gasteiger partial charge in [0.15, 0.2) is 5.43 Å². The van der Waals surface area contributed by atoms with Crippen LogP contribution in [0.15, 0.2) is 10.9 Å². The average Bonchev–Trinajstić information content (AvgIpc) is 2.29. The first-order valence-electron chi connectivity index (χ1n) is 5.01. The normalized spacial score (nSPS) is 11.6. The van der Waals surface area contributed by atoms with E-state index in [1.807, 2.05) is 0 Å². The molecule has 20 heavy (non-hydrogen) atoms. The topological polar surface area (TPSA) is 68.4 Å². The van der Waals surface area contributed by atoms with Crippen molar-refractivity contribution in [1.29, 1.82) is 0 Å². The van der Waals surface area contributed by atoms with Crippen LogP contribution >= 0.6 is 0 Å². The molecule has 0 saturated carbocycles. The molecule has 0 saturated heterocycles. The standard InChI is InChI=1S/C10H8F5NO4/c1-19-7(18)2-4-5(17)3-6(20-10(13,14)15)16-8(4)9(11)12/h3,9H,2H2,1H3,(H,16,17). The van der Waals surface area contributed by atoms with Crippen molar-refractivity contribution < 1.29 is 36.2 Å². The van der Waals surface area contributed by atoms with Crippen molar-refractivity contribution in [3.05, 3.63) is 27.5 Å². The molecular formula is C10H8F5NO4. The minimum Gasteiger partial charge on any atom is -0.469 e. The van der Waals surface area contributed by atoms with E-state index in [9.17, 15) is 31.5 Å². The highest BCUT2D eigenvalue weighted by atomic mass is 19.4. The van der Waals surface area contributed by atoms with Gasteiger partial charge in [-0.05, 0) is 0 Å². The molecule has 0 atom stereocenters. The van der Waals surface area contributed by atoms with E-state index in [1.165, 1.54) is 0 Å². The molecule has 0 aliphatic carbocycles. The largest absolute Gasteiger partial charge is 0.574 e. The number of methoxy groups -OCH3 is 1. The zero-order valence-corrected chi connectivity index (χ0v) is 9.88. The van der Waals surface area contributed by atoms with Crippen LogP contribution in [-0.4, -0.2) is 24.4 Å². The number of halogens is 5. The Morgan fingerprint density at radius 3 is 2.45 bits per heavy atom. The number of alkyl halides is 5. The van der Waals surface area contributed by atoms with Gasteiger partial charge in [0.05, 0.1) is 19.2 Å². The van der Waals surface area contributed by atoms with Gasteiger partial charge in [-0.15, -0.1) is 13.2 Å². The number of hydrogen-bond acceptors (Lipinski definition) is 4. The molecule has 0 amide bonds. The smallest absolute Gasteiger partial charge is 0.469 e. The van der Waals surface area contributed by atoms with Crippen LogP contribution in [0.2, 0.25) is 0 Å². The molecule has 1 N–H and O–H groups in total. The maximum atomic E-state index is 12.7. The van der Waals surface area contributed by atoms with Gasteiger partial charge >= 0.3 is 12.3 Å². The molecule has 10 heteroatoms. The highest BCUT2D eigenvalue weighted by Gasteiger charge is 2.32. The molecule has 1 aromatic heterocycles. The number of hydrogen-bond donors (Lipinski definition) is 1. The number of carbonyl (C=O) groups is 1. The van der Waals surface area contributed by atoms with Crippen LogP contribution in [0.25, 0.3) is 0 Å². The summed E-state index contributed by atoms with van der Waals surface area (Å²) < 4.78 is 68.9. The number of rotatable bonds is 4. The Kier molecular flexibility index (Phi) is 4.69. The summed E-state index contributed by atoms with van der Waals surface area (Å²) >= 11 is 0. The molecule has 1 rings (SSSR count). The van der Waals surface area contributed by atoms with Crippen molar-refractivity contribution >= 4 is 5.97 Å². The molecule has 0 aromatic carbocycles. The summed E-state index contributed by atoms with van der Waals surface area (Å²) in [6, 6.07) is 0.331. The number of pyridine rings is 1. The summed E-state index contributed by atoms with van der Waals surface area (Å²) in [5.41, 5.74) is -2.99.